The molecule has 0 spiro atoms. The highest BCUT2D eigenvalue weighted by atomic mass is 79.9. The Hall–Kier alpha value is -0.930. The quantitative estimate of drug-likeness (QED) is 0.912. The van der Waals surface area contributed by atoms with Gasteiger partial charge in [0.05, 0.1) is 5.52 Å². The predicted molar refractivity (Wildman–Crippen MR) is 71.4 cm³/mol. The first-order chi connectivity index (χ1) is 7.65. The maximum atomic E-state index is 5.77. The van der Waals surface area contributed by atoms with Crippen molar-refractivity contribution in [1.82, 2.24) is 4.98 Å². The van der Waals surface area contributed by atoms with Crippen molar-refractivity contribution in [2.45, 2.75) is 26.3 Å². The number of rotatable bonds is 2. The highest BCUT2D eigenvalue weighted by molar-refractivity contribution is 9.10. The van der Waals surface area contributed by atoms with Crippen molar-refractivity contribution in [2.24, 2.45) is 5.73 Å². The van der Waals surface area contributed by atoms with E-state index in [9.17, 15) is 0 Å². The van der Waals surface area contributed by atoms with Gasteiger partial charge in [-0.15, -0.1) is 0 Å². The lowest BCUT2D eigenvalue weighted by atomic mass is 9.94. The minimum absolute atomic E-state index is 0.457. The number of fused-ring (bicyclic) bond motifs is 1. The van der Waals surface area contributed by atoms with E-state index in [0.29, 0.717) is 12.5 Å². The third-order valence-electron chi connectivity index (χ3n) is 2.77. The van der Waals surface area contributed by atoms with Crippen LogP contribution in [0.5, 0.6) is 0 Å². The molecule has 0 saturated carbocycles. The summed E-state index contributed by atoms with van der Waals surface area (Å²) in [5.74, 6) is 0.457. The van der Waals surface area contributed by atoms with Crippen LogP contribution in [0.15, 0.2) is 28.9 Å². The van der Waals surface area contributed by atoms with E-state index < -0.39 is 0 Å². The maximum Gasteiger partial charge on any atom is 0.0846 e. The molecule has 2 rings (SSSR count). The minimum atomic E-state index is 0.457. The van der Waals surface area contributed by atoms with E-state index >= 15 is 0 Å². The van der Waals surface area contributed by atoms with Gasteiger partial charge in [-0.3, -0.25) is 4.98 Å². The van der Waals surface area contributed by atoms with E-state index in [4.69, 9.17) is 5.73 Å². The Morgan fingerprint density at radius 3 is 2.75 bits per heavy atom. The molecule has 1 aromatic carbocycles. The fourth-order valence-electron chi connectivity index (χ4n) is 2.09. The molecule has 1 aromatic heterocycles. The third kappa shape index (κ3) is 1.85. The molecule has 0 fully saturated rings. The van der Waals surface area contributed by atoms with E-state index in [1.54, 1.807) is 0 Å². The van der Waals surface area contributed by atoms with Crippen molar-refractivity contribution in [3.05, 3.63) is 40.0 Å². The molecule has 0 aliphatic heterocycles. The number of nitrogens with zero attached hydrogens (tertiary/aromatic N) is 1. The van der Waals surface area contributed by atoms with Gasteiger partial charge in [0.25, 0.3) is 0 Å². The number of halogens is 1. The van der Waals surface area contributed by atoms with E-state index in [0.717, 1.165) is 15.6 Å². The summed E-state index contributed by atoms with van der Waals surface area (Å²) in [6, 6.07) is 6.17. The molecule has 1 heterocycles. The van der Waals surface area contributed by atoms with Crippen LogP contribution in [0.25, 0.3) is 10.9 Å². The molecule has 0 aliphatic carbocycles. The smallest absolute Gasteiger partial charge is 0.0846 e. The molecule has 3 heteroatoms. The second-order valence-corrected chi connectivity index (χ2v) is 5.05. The zero-order chi connectivity index (χ0) is 11.7. The van der Waals surface area contributed by atoms with Gasteiger partial charge in [0.15, 0.2) is 0 Å². The molecule has 0 aliphatic rings. The first-order valence-electron chi connectivity index (χ1n) is 5.41. The normalized spacial score (nSPS) is 11.3. The van der Waals surface area contributed by atoms with Crippen molar-refractivity contribution >= 4 is 26.8 Å². The van der Waals surface area contributed by atoms with Crippen LogP contribution >= 0.6 is 15.9 Å². The molecule has 2 N–H and O–H groups in total. The summed E-state index contributed by atoms with van der Waals surface area (Å²) in [4.78, 5) is 4.47. The van der Waals surface area contributed by atoms with Crippen LogP contribution in [-0.4, -0.2) is 4.98 Å². The number of nitrogens with two attached hydrogens (primary N) is 1. The number of benzene rings is 1. The molecule has 0 amide bonds. The summed E-state index contributed by atoms with van der Waals surface area (Å²) in [5.41, 5.74) is 9.24. The zero-order valence-electron chi connectivity index (χ0n) is 9.50. The summed E-state index contributed by atoms with van der Waals surface area (Å²) in [7, 11) is 0. The van der Waals surface area contributed by atoms with Crippen LogP contribution < -0.4 is 5.73 Å². The molecule has 0 unspecified atom stereocenters. The van der Waals surface area contributed by atoms with E-state index in [-0.39, 0.29) is 0 Å². The topological polar surface area (TPSA) is 38.9 Å². The van der Waals surface area contributed by atoms with Crippen LogP contribution in [-0.2, 0) is 6.54 Å². The van der Waals surface area contributed by atoms with Crippen molar-refractivity contribution in [2.75, 3.05) is 0 Å². The van der Waals surface area contributed by atoms with Gasteiger partial charge in [-0.2, -0.15) is 0 Å². The Bertz CT molecular complexity index is 521. The SMILES string of the molecule is CC(C)c1c(CN)cnc2c(Br)cccc12. The van der Waals surface area contributed by atoms with Crippen molar-refractivity contribution in [1.29, 1.82) is 0 Å². The Balaban J connectivity index is 2.84. The van der Waals surface area contributed by atoms with Gasteiger partial charge in [-0.25, -0.2) is 0 Å². The molecule has 0 radical (unpaired) electrons. The highest BCUT2D eigenvalue weighted by Crippen LogP contribution is 2.30. The largest absolute Gasteiger partial charge is 0.326 e. The molecular formula is C13H15BrN2. The second-order valence-electron chi connectivity index (χ2n) is 4.19. The van der Waals surface area contributed by atoms with Crippen molar-refractivity contribution < 1.29 is 0 Å². The van der Waals surface area contributed by atoms with Gasteiger partial charge in [0.2, 0.25) is 0 Å². The Morgan fingerprint density at radius 1 is 1.38 bits per heavy atom. The number of para-hydroxylation sites is 1. The van der Waals surface area contributed by atoms with Crippen LogP contribution in [0.4, 0.5) is 0 Å². The molecule has 2 aromatic rings. The number of hydrogen-bond acceptors (Lipinski definition) is 2. The van der Waals surface area contributed by atoms with E-state index in [1.807, 2.05) is 18.3 Å². The molecule has 0 bridgehead atoms. The number of hydrogen-bond donors (Lipinski definition) is 1. The second kappa shape index (κ2) is 4.52. The van der Waals surface area contributed by atoms with E-state index in [1.165, 1.54) is 10.9 Å². The fraction of sp³-hybridized carbons (Fsp3) is 0.308. The summed E-state index contributed by atoms with van der Waals surface area (Å²) < 4.78 is 1.04. The zero-order valence-corrected chi connectivity index (χ0v) is 11.1. The van der Waals surface area contributed by atoms with Gasteiger partial charge in [0.1, 0.15) is 0 Å². The van der Waals surface area contributed by atoms with Crippen LogP contribution in [0.2, 0.25) is 0 Å². The lowest BCUT2D eigenvalue weighted by Crippen LogP contribution is -2.05. The van der Waals surface area contributed by atoms with Gasteiger partial charge >= 0.3 is 0 Å². The van der Waals surface area contributed by atoms with E-state index in [2.05, 4.69) is 40.8 Å². The first kappa shape index (κ1) is 11.6. The monoisotopic (exact) mass is 278 g/mol. The van der Waals surface area contributed by atoms with Crippen molar-refractivity contribution in [3.8, 4) is 0 Å². The summed E-state index contributed by atoms with van der Waals surface area (Å²) in [6.07, 6.45) is 1.89. The Kier molecular flexibility index (Phi) is 3.26. The third-order valence-corrected chi connectivity index (χ3v) is 3.41. The maximum absolute atomic E-state index is 5.77. The van der Waals surface area contributed by atoms with Gasteiger partial charge < -0.3 is 5.73 Å². The Morgan fingerprint density at radius 2 is 2.12 bits per heavy atom. The Labute approximate surface area is 104 Å². The molecule has 84 valence electrons. The standard InChI is InChI=1S/C13H15BrN2/c1-8(2)12-9(6-15)7-16-13-10(12)4-3-5-11(13)14/h3-5,7-8H,6,15H2,1-2H3. The molecule has 16 heavy (non-hydrogen) atoms. The van der Waals surface area contributed by atoms with Gasteiger partial charge in [0, 0.05) is 22.6 Å². The lowest BCUT2D eigenvalue weighted by molar-refractivity contribution is 0.845. The fourth-order valence-corrected chi connectivity index (χ4v) is 2.56. The molecular weight excluding hydrogens is 264 g/mol. The highest BCUT2D eigenvalue weighted by Gasteiger charge is 2.12. The first-order valence-corrected chi connectivity index (χ1v) is 6.20. The number of pyridine rings is 1. The molecule has 0 saturated heterocycles. The summed E-state index contributed by atoms with van der Waals surface area (Å²) >= 11 is 3.53. The summed E-state index contributed by atoms with van der Waals surface area (Å²) in [5, 5.41) is 1.20. The average molecular weight is 279 g/mol. The van der Waals surface area contributed by atoms with Crippen LogP contribution in [0.3, 0.4) is 0 Å². The van der Waals surface area contributed by atoms with Crippen LogP contribution in [0, 0.1) is 0 Å². The van der Waals surface area contributed by atoms with Gasteiger partial charge in [-0.1, -0.05) is 26.0 Å². The molecule has 2 nitrogen and oxygen atoms in total. The summed E-state index contributed by atoms with van der Waals surface area (Å²) in [6.45, 7) is 4.92. The molecule has 0 atom stereocenters. The van der Waals surface area contributed by atoms with Crippen molar-refractivity contribution in [3.63, 3.8) is 0 Å². The van der Waals surface area contributed by atoms with Crippen LogP contribution in [0.1, 0.15) is 30.9 Å². The minimum Gasteiger partial charge on any atom is -0.326 e. The average Bonchev–Trinajstić information content (AvgIpc) is 2.27. The predicted octanol–water partition coefficient (Wildman–Crippen LogP) is 3.58. The lowest BCUT2D eigenvalue weighted by Gasteiger charge is -2.14. The van der Waals surface area contributed by atoms with Gasteiger partial charge in [-0.05, 0) is 39.0 Å². The number of aromatic nitrogens is 1.